The van der Waals surface area contributed by atoms with Gasteiger partial charge in [-0.1, -0.05) is 115 Å². The number of primary amides is 2. The molecule has 0 aliphatic rings. The summed E-state index contributed by atoms with van der Waals surface area (Å²) >= 11 is 0. The van der Waals surface area contributed by atoms with Crippen LogP contribution in [0, 0.1) is 0 Å². The third-order valence-electron chi connectivity index (χ3n) is 7.57. The van der Waals surface area contributed by atoms with E-state index in [2.05, 4.69) is 17.0 Å². The number of carbonyl (C=O) groups is 3. The van der Waals surface area contributed by atoms with E-state index in [4.69, 9.17) is 11.5 Å². The Labute approximate surface area is 254 Å². The number of hydrogen-bond acceptors (Lipinski definition) is 4. The Balaban J connectivity index is 1.62. The van der Waals surface area contributed by atoms with Gasteiger partial charge >= 0.3 is 0 Å². The van der Waals surface area contributed by atoms with E-state index in [1.165, 1.54) is 5.56 Å². The molecule has 0 saturated heterocycles. The molecule has 7 nitrogen and oxygen atoms in total. The van der Waals surface area contributed by atoms with E-state index in [0.29, 0.717) is 12.8 Å². The molecule has 222 valence electrons. The summed E-state index contributed by atoms with van der Waals surface area (Å²) in [5.74, 6) is -1.76. The Morgan fingerprint density at radius 3 is 1.65 bits per heavy atom. The molecule has 4 aromatic rings. The molecule has 1 atom stereocenters. The topological polar surface area (TPSA) is 110 Å². The van der Waals surface area contributed by atoms with Crippen molar-refractivity contribution in [1.82, 2.24) is 9.80 Å². The minimum Gasteiger partial charge on any atom is -0.369 e. The summed E-state index contributed by atoms with van der Waals surface area (Å²) < 4.78 is 0. The first kappa shape index (κ1) is 31.2. The smallest absolute Gasteiger partial charge is 0.240 e. The fraction of sp³-hybridized carbons (Fsp3) is 0.250. The van der Waals surface area contributed by atoms with Crippen molar-refractivity contribution in [2.45, 2.75) is 44.3 Å². The van der Waals surface area contributed by atoms with E-state index in [1.54, 1.807) is 4.90 Å². The zero-order valence-corrected chi connectivity index (χ0v) is 24.6. The van der Waals surface area contributed by atoms with Gasteiger partial charge in [-0.25, -0.2) is 0 Å². The van der Waals surface area contributed by atoms with E-state index in [-0.39, 0.29) is 18.9 Å². The van der Waals surface area contributed by atoms with Crippen LogP contribution in [0.2, 0.25) is 0 Å². The van der Waals surface area contributed by atoms with Gasteiger partial charge in [-0.05, 0) is 54.3 Å². The summed E-state index contributed by atoms with van der Waals surface area (Å²) in [7, 11) is 2.05. The van der Waals surface area contributed by atoms with Crippen LogP contribution < -0.4 is 11.5 Å². The molecule has 4 N–H and O–H groups in total. The summed E-state index contributed by atoms with van der Waals surface area (Å²) in [6.07, 6.45) is 1.24. The highest BCUT2D eigenvalue weighted by Gasteiger charge is 2.34. The number of nitrogens with zero attached hydrogens (tertiary/aromatic N) is 2. The zero-order chi connectivity index (χ0) is 30.6. The molecule has 4 rings (SSSR count). The normalized spacial score (nSPS) is 11.8. The molecular formula is C36H40N4O3. The molecule has 0 heterocycles. The first-order valence-corrected chi connectivity index (χ1v) is 14.6. The summed E-state index contributed by atoms with van der Waals surface area (Å²) in [4.78, 5) is 42.9. The van der Waals surface area contributed by atoms with Crippen molar-refractivity contribution in [2.75, 3.05) is 13.6 Å². The largest absolute Gasteiger partial charge is 0.369 e. The van der Waals surface area contributed by atoms with E-state index in [9.17, 15) is 14.4 Å². The highest BCUT2D eigenvalue weighted by molar-refractivity contribution is 5.92. The summed E-state index contributed by atoms with van der Waals surface area (Å²) in [6.45, 7) is 1.72. The first-order valence-electron chi connectivity index (χ1n) is 14.6. The second-order valence-corrected chi connectivity index (χ2v) is 11.0. The van der Waals surface area contributed by atoms with Gasteiger partial charge in [0, 0.05) is 13.1 Å². The quantitative estimate of drug-likeness (QED) is 0.215. The molecule has 0 aliphatic heterocycles. The van der Waals surface area contributed by atoms with Crippen LogP contribution in [0.3, 0.4) is 0 Å². The minimum atomic E-state index is -0.808. The number of rotatable bonds is 15. The zero-order valence-electron chi connectivity index (χ0n) is 24.6. The van der Waals surface area contributed by atoms with E-state index in [0.717, 1.165) is 35.3 Å². The molecule has 0 aliphatic carbocycles. The standard InChI is InChI=1S/C36H40N4O3/c1-39(25-28-12-5-2-6-13-28)23-11-18-32(35(38)42)40(26-29-21-19-27(20-22-29)24-33(37)41)36(43)34(30-14-7-3-8-15-30)31-16-9-4-10-17-31/h2-10,12-17,19-22,32,34H,11,18,23-26H2,1H3,(H2,37,41)(H2,38,42)/t32-/m1/s1. The van der Waals surface area contributed by atoms with Crippen molar-refractivity contribution in [3.8, 4) is 0 Å². The highest BCUT2D eigenvalue weighted by atomic mass is 16.2. The van der Waals surface area contributed by atoms with Crippen LogP contribution in [0.4, 0.5) is 0 Å². The third-order valence-corrected chi connectivity index (χ3v) is 7.57. The lowest BCUT2D eigenvalue weighted by molar-refractivity contribution is -0.141. The average Bonchev–Trinajstić information content (AvgIpc) is 3.00. The maximum atomic E-state index is 14.6. The van der Waals surface area contributed by atoms with Crippen molar-refractivity contribution in [2.24, 2.45) is 11.5 Å². The van der Waals surface area contributed by atoms with Crippen molar-refractivity contribution >= 4 is 17.7 Å². The molecule has 43 heavy (non-hydrogen) atoms. The predicted octanol–water partition coefficient (Wildman–Crippen LogP) is 4.64. The van der Waals surface area contributed by atoms with Gasteiger partial charge in [0.25, 0.3) is 0 Å². The number of carbonyl (C=O) groups excluding carboxylic acids is 3. The summed E-state index contributed by atoms with van der Waals surface area (Å²) in [5.41, 5.74) is 15.9. The predicted molar refractivity (Wildman–Crippen MR) is 170 cm³/mol. The summed E-state index contributed by atoms with van der Waals surface area (Å²) in [6, 6.07) is 36.0. The number of amides is 3. The number of hydrogen-bond donors (Lipinski definition) is 2. The Kier molecular flexibility index (Phi) is 11.2. The number of nitrogens with two attached hydrogens (primary N) is 2. The number of benzene rings is 4. The van der Waals surface area contributed by atoms with Crippen LogP contribution in [0.15, 0.2) is 115 Å². The molecule has 7 heteroatoms. The molecule has 0 bridgehead atoms. The van der Waals surface area contributed by atoms with Crippen LogP contribution in [-0.2, 0) is 33.9 Å². The summed E-state index contributed by atoms with van der Waals surface area (Å²) in [5, 5.41) is 0. The second-order valence-electron chi connectivity index (χ2n) is 11.0. The van der Waals surface area contributed by atoms with Gasteiger partial charge in [-0.2, -0.15) is 0 Å². The van der Waals surface area contributed by atoms with Crippen LogP contribution in [0.5, 0.6) is 0 Å². The Bertz CT molecular complexity index is 1420. The van der Waals surface area contributed by atoms with E-state index >= 15 is 0 Å². The van der Waals surface area contributed by atoms with Gasteiger partial charge in [-0.15, -0.1) is 0 Å². The molecule has 0 aromatic heterocycles. The van der Waals surface area contributed by atoms with Crippen LogP contribution >= 0.6 is 0 Å². The van der Waals surface area contributed by atoms with Crippen LogP contribution in [0.1, 0.15) is 46.6 Å². The molecule has 0 spiro atoms. The van der Waals surface area contributed by atoms with Crippen LogP contribution in [-0.4, -0.2) is 47.2 Å². The van der Waals surface area contributed by atoms with Crippen molar-refractivity contribution < 1.29 is 14.4 Å². The average molecular weight is 577 g/mol. The Morgan fingerprint density at radius 2 is 1.14 bits per heavy atom. The fourth-order valence-corrected chi connectivity index (χ4v) is 5.42. The van der Waals surface area contributed by atoms with Gasteiger partial charge in [0.2, 0.25) is 17.7 Å². The van der Waals surface area contributed by atoms with Gasteiger partial charge in [0.1, 0.15) is 6.04 Å². The van der Waals surface area contributed by atoms with Gasteiger partial charge < -0.3 is 21.3 Å². The molecule has 0 fully saturated rings. The minimum absolute atomic E-state index is 0.132. The van der Waals surface area contributed by atoms with Gasteiger partial charge in [0.15, 0.2) is 0 Å². The monoisotopic (exact) mass is 576 g/mol. The molecule has 3 amide bonds. The lowest BCUT2D eigenvalue weighted by Crippen LogP contribution is -2.49. The van der Waals surface area contributed by atoms with Crippen LogP contribution in [0.25, 0.3) is 0 Å². The van der Waals surface area contributed by atoms with Crippen molar-refractivity contribution in [3.63, 3.8) is 0 Å². The fourth-order valence-electron chi connectivity index (χ4n) is 5.42. The molecule has 4 aromatic carbocycles. The SMILES string of the molecule is CN(CCC[C@H](C(N)=O)N(Cc1ccc(CC(N)=O)cc1)C(=O)C(c1ccccc1)c1ccccc1)Cc1ccccc1. The molecule has 0 saturated carbocycles. The van der Waals surface area contributed by atoms with E-state index < -0.39 is 23.8 Å². The lowest BCUT2D eigenvalue weighted by Gasteiger charge is -2.34. The molecule has 0 unspecified atom stereocenters. The lowest BCUT2D eigenvalue weighted by atomic mass is 9.89. The Hall–Kier alpha value is -4.75. The maximum Gasteiger partial charge on any atom is 0.240 e. The third kappa shape index (κ3) is 9.12. The molecular weight excluding hydrogens is 536 g/mol. The first-order chi connectivity index (χ1) is 20.8. The van der Waals surface area contributed by atoms with Gasteiger partial charge in [-0.3, -0.25) is 14.4 Å². The van der Waals surface area contributed by atoms with Crippen molar-refractivity contribution in [1.29, 1.82) is 0 Å². The highest BCUT2D eigenvalue weighted by Crippen LogP contribution is 2.29. The van der Waals surface area contributed by atoms with E-state index in [1.807, 2.05) is 110 Å². The maximum absolute atomic E-state index is 14.6. The van der Waals surface area contributed by atoms with Crippen molar-refractivity contribution in [3.05, 3.63) is 143 Å². The van der Waals surface area contributed by atoms with Gasteiger partial charge in [0.05, 0.1) is 12.3 Å². The Morgan fingerprint density at radius 1 is 0.651 bits per heavy atom. The molecule has 0 radical (unpaired) electrons. The second kappa shape index (κ2) is 15.5.